The highest BCUT2D eigenvalue weighted by Gasteiger charge is 2.24. The molecule has 1 aromatic heterocycles. The molecule has 1 aromatic rings. The van der Waals surface area contributed by atoms with Gasteiger partial charge in [0.05, 0.1) is 24.4 Å². The number of anilines is 1. The third kappa shape index (κ3) is 3.12. The average molecular weight is 256 g/mol. The van der Waals surface area contributed by atoms with Crippen molar-refractivity contribution in [2.75, 3.05) is 5.73 Å². The molecule has 0 radical (unpaired) electrons. The van der Waals surface area contributed by atoms with Gasteiger partial charge in [-0.05, 0) is 0 Å². The second kappa shape index (κ2) is 5.38. The standard InChI is InChI=1S/C9H12N4O5/c10-5(15)1-4(14)7(16)3-2-12-8(11)6(13-3)9(17)18/h2,4,7,14,16H,1H2,(H2,10,15)(H2,11,12)(H,17,18). The first-order valence-corrected chi connectivity index (χ1v) is 4.83. The predicted octanol–water partition coefficient (Wildman–Crippen LogP) is -1.97. The molecule has 1 heterocycles. The van der Waals surface area contributed by atoms with Gasteiger partial charge in [0, 0.05) is 0 Å². The molecule has 2 unspecified atom stereocenters. The van der Waals surface area contributed by atoms with Crippen molar-refractivity contribution in [3.05, 3.63) is 17.6 Å². The second-order valence-corrected chi connectivity index (χ2v) is 3.52. The lowest BCUT2D eigenvalue weighted by Gasteiger charge is -2.16. The molecular formula is C9H12N4O5. The lowest BCUT2D eigenvalue weighted by molar-refractivity contribution is -0.121. The molecule has 98 valence electrons. The Hall–Kier alpha value is -2.26. The molecule has 2 atom stereocenters. The van der Waals surface area contributed by atoms with Crippen LogP contribution in [0.5, 0.6) is 0 Å². The molecule has 0 bridgehead atoms. The number of nitrogen functional groups attached to an aromatic ring is 1. The van der Waals surface area contributed by atoms with Crippen LogP contribution in [0.25, 0.3) is 0 Å². The van der Waals surface area contributed by atoms with E-state index in [0.717, 1.165) is 6.20 Å². The van der Waals surface area contributed by atoms with Crippen molar-refractivity contribution < 1.29 is 24.9 Å². The maximum atomic E-state index is 10.7. The van der Waals surface area contributed by atoms with Gasteiger partial charge in [0.1, 0.15) is 6.10 Å². The maximum absolute atomic E-state index is 10.7. The van der Waals surface area contributed by atoms with Gasteiger partial charge in [0.25, 0.3) is 0 Å². The van der Waals surface area contributed by atoms with E-state index in [-0.39, 0.29) is 11.5 Å². The quantitative estimate of drug-likeness (QED) is 0.403. The number of carboxylic acid groups (broad SMARTS) is 1. The van der Waals surface area contributed by atoms with Crippen molar-refractivity contribution in [2.24, 2.45) is 5.73 Å². The number of carbonyl (C=O) groups is 2. The summed E-state index contributed by atoms with van der Waals surface area (Å²) >= 11 is 0. The van der Waals surface area contributed by atoms with E-state index in [1.54, 1.807) is 0 Å². The van der Waals surface area contributed by atoms with Crippen LogP contribution in [0.3, 0.4) is 0 Å². The van der Waals surface area contributed by atoms with Gasteiger partial charge >= 0.3 is 5.97 Å². The van der Waals surface area contributed by atoms with E-state index in [1.807, 2.05) is 0 Å². The third-order valence-electron chi connectivity index (χ3n) is 2.10. The van der Waals surface area contributed by atoms with Crippen molar-refractivity contribution in [1.82, 2.24) is 9.97 Å². The Kier molecular flexibility index (Phi) is 4.13. The number of nitrogens with two attached hydrogens (primary N) is 2. The molecule has 7 N–H and O–H groups in total. The highest BCUT2D eigenvalue weighted by atomic mass is 16.4. The molecular weight excluding hydrogens is 244 g/mol. The van der Waals surface area contributed by atoms with Crippen LogP contribution in [0.15, 0.2) is 6.20 Å². The third-order valence-corrected chi connectivity index (χ3v) is 2.10. The largest absolute Gasteiger partial charge is 0.476 e. The number of carbonyl (C=O) groups excluding carboxylic acids is 1. The molecule has 0 saturated heterocycles. The molecule has 0 aliphatic carbocycles. The van der Waals surface area contributed by atoms with Gasteiger partial charge in [0.2, 0.25) is 5.91 Å². The van der Waals surface area contributed by atoms with E-state index < -0.39 is 36.2 Å². The highest BCUT2D eigenvalue weighted by Crippen LogP contribution is 2.18. The molecule has 18 heavy (non-hydrogen) atoms. The first kappa shape index (κ1) is 13.8. The Morgan fingerprint density at radius 1 is 1.39 bits per heavy atom. The summed E-state index contributed by atoms with van der Waals surface area (Å²) in [5.74, 6) is -2.55. The molecule has 0 fully saturated rings. The number of primary amides is 1. The molecule has 1 rings (SSSR count). The Bertz CT molecular complexity index is 478. The molecule has 9 heteroatoms. The number of amides is 1. The summed E-state index contributed by atoms with van der Waals surface area (Å²) in [5.41, 5.74) is 9.37. The summed E-state index contributed by atoms with van der Waals surface area (Å²) in [7, 11) is 0. The molecule has 0 aromatic carbocycles. The molecule has 0 aliphatic heterocycles. The summed E-state index contributed by atoms with van der Waals surface area (Å²) in [6, 6.07) is 0. The van der Waals surface area contributed by atoms with Gasteiger partial charge in [0.15, 0.2) is 11.5 Å². The monoisotopic (exact) mass is 256 g/mol. The normalized spacial score (nSPS) is 13.9. The van der Waals surface area contributed by atoms with Crippen LogP contribution in [0.2, 0.25) is 0 Å². The zero-order valence-corrected chi connectivity index (χ0v) is 9.15. The maximum Gasteiger partial charge on any atom is 0.358 e. The van der Waals surface area contributed by atoms with Crippen molar-refractivity contribution in [2.45, 2.75) is 18.6 Å². The Balaban J connectivity index is 2.99. The lowest BCUT2D eigenvalue weighted by Crippen LogP contribution is -2.27. The van der Waals surface area contributed by atoms with Crippen molar-refractivity contribution in [1.29, 1.82) is 0 Å². The first-order valence-electron chi connectivity index (χ1n) is 4.83. The van der Waals surface area contributed by atoms with E-state index in [2.05, 4.69) is 9.97 Å². The fourth-order valence-electron chi connectivity index (χ4n) is 1.23. The minimum Gasteiger partial charge on any atom is -0.476 e. The van der Waals surface area contributed by atoms with Crippen LogP contribution in [0, 0.1) is 0 Å². The minimum atomic E-state index is -1.58. The Morgan fingerprint density at radius 3 is 2.50 bits per heavy atom. The number of nitrogens with zero attached hydrogens (tertiary/aromatic N) is 2. The van der Waals surface area contributed by atoms with Crippen LogP contribution >= 0.6 is 0 Å². The van der Waals surface area contributed by atoms with Crippen LogP contribution in [0.1, 0.15) is 28.7 Å². The SMILES string of the molecule is NC(=O)CC(O)C(O)c1cnc(N)c(C(=O)O)n1. The molecule has 0 spiro atoms. The van der Waals surface area contributed by atoms with Crippen LogP contribution < -0.4 is 11.5 Å². The van der Waals surface area contributed by atoms with Crippen molar-refractivity contribution >= 4 is 17.7 Å². The number of aromatic carboxylic acids is 1. The van der Waals surface area contributed by atoms with Crippen molar-refractivity contribution in [3.8, 4) is 0 Å². The molecule has 1 amide bonds. The van der Waals surface area contributed by atoms with Crippen LogP contribution in [-0.2, 0) is 4.79 Å². The van der Waals surface area contributed by atoms with E-state index in [1.165, 1.54) is 0 Å². The predicted molar refractivity (Wildman–Crippen MR) is 58.2 cm³/mol. The summed E-state index contributed by atoms with van der Waals surface area (Å²) in [5, 5.41) is 27.8. The second-order valence-electron chi connectivity index (χ2n) is 3.52. The fourth-order valence-corrected chi connectivity index (χ4v) is 1.23. The molecule has 0 saturated carbocycles. The average Bonchev–Trinajstić information content (AvgIpc) is 2.27. The van der Waals surface area contributed by atoms with Gasteiger partial charge in [-0.25, -0.2) is 14.8 Å². The van der Waals surface area contributed by atoms with Gasteiger partial charge in [-0.3, -0.25) is 4.79 Å². The van der Waals surface area contributed by atoms with Crippen LogP contribution in [0.4, 0.5) is 5.82 Å². The zero-order valence-electron chi connectivity index (χ0n) is 9.15. The highest BCUT2D eigenvalue weighted by molar-refractivity contribution is 5.90. The topological polar surface area (TPSA) is 173 Å². The number of carboxylic acids is 1. The lowest BCUT2D eigenvalue weighted by atomic mass is 10.1. The summed E-state index contributed by atoms with van der Waals surface area (Å²) in [4.78, 5) is 28.4. The number of aliphatic hydroxyl groups is 2. The van der Waals surface area contributed by atoms with Gasteiger partial charge < -0.3 is 26.8 Å². The first-order chi connectivity index (χ1) is 8.32. The number of aliphatic hydroxyl groups excluding tert-OH is 2. The van der Waals surface area contributed by atoms with E-state index in [9.17, 15) is 19.8 Å². The minimum absolute atomic E-state index is 0.213. The van der Waals surface area contributed by atoms with E-state index >= 15 is 0 Å². The number of aromatic nitrogens is 2. The Morgan fingerprint density at radius 2 is 2.00 bits per heavy atom. The summed E-state index contributed by atoms with van der Waals surface area (Å²) < 4.78 is 0. The fraction of sp³-hybridized carbons (Fsp3) is 0.333. The molecule has 0 aliphatic rings. The Labute approximate surface area is 101 Å². The van der Waals surface area contributed by atoms with Gasteiger partial charge in [-0.1, -0.05) is 0 Å². The number of rotatable bonds is 5. The van der Waals surface area contributed by atoms with E-state index in [0.29, 0.717) is 0 Å². The summed E-state index contributed by atoms with van der Waals surface area (Å²) in [6.07, 6.45) is -2.56. The van der Waals surface area contributed by atoms with Gasteiger partial charge in [-0.2, -0.15) is 0 Å². The smallest absolute Gasteiger partial charge is 0.358 e. The number of hydrogen-bond donors (Lipinski definition) is 5. The summed E-state index contributed by atoms with van der Waals surface area (Å²) in [6.45, 7) is 0. The molecule has 9 nitrogen and oxygen atoms in total. The zero-order chi connectivity index (χ0) is 13.9. The number of hydrogen-bond acceptors (Lipinski definition) is 7. The van der Waals surface area contributed by atoms with E-state index in [4.69, 9.17) is 16.6 Å². The van der Waals surface area contributed by atoms with Crippen molar-refractivity contribution in [3.63, 3.8) is 0 Å². The van der Waals surface area contributed by atoms with Crippen LogP contribution in [-0.4, -0.2) is 43.3 Å². The van der Waals surface area contributed by atoms with Gasteiger partial charge in [-0.15, -0.1) is 0 Å².